The third kappa shape index (κ3) is 5.35. The van der Waals surface area contributed by atoms with Gasteiger partial charge in [0.05, 0.1) is 6.54 Å². The Morgan fingerprint density at radius 3 is 2.24 bits per heavy atom. The molecule has 2 aromatic carbocycles. The molecule has 130 valence electrons. The highest BCUT2D eigenvalue weighted by Crippen LogP contribution is 2.14. The Hall–Kier alpha value is -3.35. The number of hydrogen-bond acceptors (Lipinski definition) is 3. The fourth-order valence-electron chi connectivity index (χ4n) is 2.17. The lowest BCUT2D eigenvalue weighted by Crippen LogP contribution is -2.32. The van der Waals surface area contributed by atoms with Crippen LogP contribution in [0.15, 0.2) is 42.5 Å². The monoisotopic (exact) mass is 340 g/mol. The van der Waals surface area contributed by atoms with Gasteiger partial charge in [-0.25, -0.2) is 4.79 Å². The normalized spacial score (nSPS) is 10.0. The van der Waals surface area contributed by atoms with Crippen LogP contribution in [0.4, 0.5) is 16.2 Å². The number of nitrogens with one attached hydrogen (secondary N) is 3. The molecule has 25 heavy (non-hydrogen) atoms. The number of carbonyl (C=O) groups excluding carboxylic acids is 3. The van der Waals surface area contributed by atoms with Gasteiger partial charge in [-0.2, -0.15) is 0 Å². The molecule has 0 fully saturated rings. The van der Waals surface area contributed by atoms with E-state index in [-0.39, 0.29) is 18.4 Å². The molecule has 7 nitrogen and oxygen atoms in total. The maximum absolute atomic E-state index is 12.1. The van der Waals surface area contributed by atoms with E-state index in [1.165, 1.54) is 0 Å². The fourth-order valence-corrected chi connectivity index (χ4v) is 2.17. The van der Waals surface area contributed by atoms with E-state index in [0.717, 1.165) is 11.1 Å². The van der Waals surface area contributed by atoms with Crippen LogP contribution in [-0.4, -0.2) is 24.4 Å². The lowest BCUT2D eigenvalue weighted by atomic mass is 10.1. The van der Waals surface area contributed by atoms with Gasteiger partial charge in [0.2, 0.25) is 5.91 Å². The number of urea groups is 1. The van der Waals surface area contributed by atoms with Crippen LogP contribution in [0.25, 0.3) is 0 Å². The fraction of sp³-hybridized carbons (Fsp3) is 0.167. The molecule has 0 heterocycles. The second-order valence-electron chi connectivity index (χ2n) is 5.60. The van der Waals surface area contributed by atoms with E-state index in [4.69, 9.17) is 5.73 Å². The van der Waals surface area contributed by atoms with Crippen LogP contribution in [0.1, 0.15) is 21.5 Å². The van der Waals surface area contributed by atoms with Crippen LogP contribution in [0.5, 0.6) is 0 Å². The molecule has 0 aliphatic heterocycles. The lowest BCUT2D eigenvalue weighted by molar-refractivity contribution is -0.115. The van der Waals surface area contributed by atoms with E-state index in [1.54, 1.807) is 36.4 Å². The molecule has 0 spiro atoms. The Morgan fingerprint density at radius 1 is 0.920 bits per heavy atom. The first-order chi connectivity index (χ1) is 11.8. The highest BCUT2D eigenvalue weighted by molar-refractivity contribution is 5.99. The van der Waals surface area contributed by atoms with Crippen molar-refractivity contribution in [2.24, 2.45) is 5.73 Å². The van der Waals surface area contributed by atoms with Gasteiger partial charge in [-0.15, -0.1) is 0 Å². The van der Waals surface area contributed by atoms with Crippen LogP contribution in [0.3, 0.4) is 0 Å². The summed E-state index contributed by atoms with van der Waals surface area (Å²) in [4.78, 5) is 34.9. The number of nitrogens with two attached hydrogens (primary N) is 1. The zero-order chi connectivity index (χ0) is 18.4. The summed E-state index contributed by atoms with van der Waals surface area (Å²) in [5.74, 6) is -0.698. The van der Waals surface area contributed by atoms with Crippen molar-refractivity contribution in [3.05, 3.63) is 59.2 Å². The highest BCUT2D eigenvalue weighted by atomic mass is 16.2. The molecule has 5 N–H and O–H groups in total. The minimum absolute atomic E-state index is 0.167. The van der Waals surface area contributed by atoms with Crippen molar-refractivity contribution in [2.45, 2.75) is 13.8 Å². The molecule has 0 radical (unpaired) electrons. The van der Waals surface area contributed by atoms with E-state index < -0.39 is 6.03 Å². The maximum atomic E-state index is 12.1. The molecular weight excluding hydrogens is 320 g/mol. The van der Waals surface area contributed by atoms with Crippen LogP contribution in [0.2, 0.25) is 0 Å². The summed E-state index contributed by atoms with van der Waals surface area (Å²) >= 11 is 0. The highest BCUT2D eigenvalue weighted by Gasteiger charge is 2.09. The van der Waals surface area contributed by atoms with Crippen LogP contribution < -0.4 is 21.7 Å². The molecule has 0 aliphatic rings. The summed E-state index contributed by atoms with van der Waals surface area (Å²) in [6.07, 6.45) is 0. The SMILES string of the molecule is Cc1ccc(C(=O)NCC(=O)Nc2cccc(NC(N)=O)c2)cc1C. The van der Waals surface area contributed by atoms with E-state index in [0.29, 0.717) is 16.9 Å². The number of primary amides is 1. The topological polar surface area (TPSA) is 113 Å². The van der Waals surface area contributed by atoms with Crippen molar-refractivity contribution < 1.29 is 14.4 Å². The minimum Gasteiger partial charge on any atom is -0.351 e. The standard InChI is InChI=1S/C18H20N4O3/c1-11-6-7-13(8-12(11)2)17(24)20-10-16(23)21-14-4-3-5-15(9-14)22-18(19)25/h3-9H,10H2,1-2H3,(H,20,24)(H,21,23)(H3,19,22,25). The molecule has 0 atom stereocenters. The van der Waals surface area contributed by atoms with Crippen LogP contribution in [-0.2, 0) is 4.79 Å². The van der Waals surface area contributed by atoms with Crippen molar-refractivity contribution >= 4 is 29.2 Å². The summed E-state index contributed by atoms with van der Waals surface area (Å²) < 4.78 is 0. The smallest absolute Gasteiger partial charge is 0.316 e. The van der Waals surface area contributed by atoms with Gasteiger partial charge in [-0.1, -0.05) is 12.1 Å². The van der Waals surface area contributed by atoms with Gasteiger partial charge in [0.1, 0.15) is 0 Å². The van der Waals surface area contributed by atoms with E-state index >= 15 is 0 Å². The average molecular weight is 340 g/mol. The van der Waals surface area contributed by atoms with E-state index in [2.05, 4.69) is 16.0 Å². The molecular formula is C18H20N4O3. The quantitative estimate of drug-likeness (QED) is 0.669. The van der Waals surface area contributed by atoms with Crippen molar-refractivity contribution in [1.29, 1.82) is 0 Å². The summed E-state index contributed by atoms with van der Waals surface area (Å²) in [5, 5.41) is 7.63. The largest absolute Gasteiger partial charge is 0.351 e. The number of amides is 4. The average Bonchev–Trinajstić information content (AvgIpc) is 2.55. The lowest BCUT2D eigenvalue weighted by Gasteiger charge is -2.09. The Balaban J connectivity index is 1.91. The van der Waals surface area contributed by atoms with E-state index in [9.17, 15) is 14.4 Å². The second-order valence-corrected chi connectivity index (χ2v) is 5.60. The first kappa shape index (κ1) is 18.0. The van der Waals surface area contributed by atoms with E-state index in [1.807, 2.05) is 19.9 Å². The van der Waals surface area contributed by atoms with Crippen LogP contribution >= 0.6 is 0 Å². The Bertz CT molecular complexity index is 818. The van der Waals surface area contributed by atoms with Gasteiger partial charge in [0, 0.05) is 16.9 Å². The molecule has 0 aromatic heterocycles. The number of aryl methyl sites for hydroxylation is 2. The van der Waals surface area contributed by atoms with Gasteiger partial charge in [0.15, 0.2) is 0 Å². The molecule has 0 saturated heterocycles. The molecule has 0 bridgehead atoms. The molecule has 4 amide bonds. The Kier molecular flexibility index (Phi) is 5.73. The summed E-state index contributed by atoms with van der Waals surface area (Å²) in [5.41, 5.74) is 8.60. The molecule has 0 aliphatic carbocycles. The Labute approximate surface area is 145 Å². The van der Waals surface area contributed by atoms with Gasteiger partial charge >= 0.3 is 6.03 Å². The third-order valence-electron chi connectivity index (χ3n) is 3.59. The molecule has 7 heteroatoms. The molecule has 2 aromatic rings. The summed E-state index contributed by atoms with van der Waals surface area (Å²) in [7, 11) is 0. The second kappa shape index (κ2) is 7.96. The number of hydrogen-bond donors (Lipinski definition) is 4. The zero-order valence-corrected chi connectivity index (χ0v) is 14.1. The predicted octanol–water partition coefficient (Wildman–Crippen LogP) is 2.16. The van der Waals surface area contributed by atoms with Crippen molar-refractivity contribution in [3.8, 4) is 0 Å². The van der Waals surface area contributed by atoms with Gasteiger partial charge in [0.25, 0.3) is 5.91 Å². The van der Waals surface area contributed by atoms with Crippen LogP contribution in [0, 0.1) is 13.8 Å². The number of benzene rings is 2. The number of carbonyl (C=O) groups is 3. The minimum atomic E-state index is -0.691. The summed E-state index contributed by atoms with van der Waals surface area (Å²) in [6.45, 7) is 3.72. The van der Waals surface area contributed by atoms with Gasteiger partial charge < -0.3 is 21.7 Å². The predicted molar refractivity (Wildman–Crippen MR) is 96.5 cm³/mol. The van der Waals surface area contributed by atoms with Crippen molar-refractivity contribution in [1.82, 2.24) is 5.32 Å². The molecule has 2 rings (SSSR count). The van der Waals surface area contributed by atoms with Gasteiger partial charge in [-0.05, 0) is 55.3 Å². The van der Waals surface area contributed by atoms with Crippen molar-refractivity contribution in [3.63, 3.8) is 0 Å². The Morgan fingerprint density at radius 2 is 1.60 bits per heavy atom. The zero-order valence-electron chi connectivity index (χ0n) is 14.1. The number of rotatable bonds is 5. The first-order valence-corrected chi connectivity index (χ1v) is 7.67. The number of anilines is 2. The third-order valence-corrected chi connectivity index (χ3v) is 3.59. The molecule has 0 saturated carbocycles. The maximum Gasteiger partial charge on any atom is 0.316 e. The molecule has 0 unspecified atom stereocenters. The van der Waals surface area contributed by atoms with Crippen molar-refractivity contribution in [2.75, 3.05) is 17.2 Å². The van der Waals surface area contributed by atoms with Gasteiger partial charge in [-0.3, -0.25) is 9.59 Å². The summed E-state index contributed by atoms with van der Waals surface area (Å²) in [6, 6.07) is 11.2. The first-order valence-electron chi connectivity index (χ1n) is 7.67.